The van der Waals surface area contributed by atoms with E-state index >= 15 is 0 Å². The summed E-state index contributed by atoms with van der Waals surface area (Å²) in [6.45, 7) is 3.50. The lowest BCUT2D eigenvalue weighted by atomic mass is 10.2. The molecule has 0 saturated carbocycles. The molecule has 0 radical (unpaired) electrons. The first kappa shape index (κ1) is 21.9. The van der Waals surface area contributed by atoms with Gasteiger partial charge in [-0.3, -0.25) is 9.48 Å². The predicted molar refractivity (Wildman–Crippen MR) is 119 cm³/mol. The Hall–Kier alpha value is -3.31. The smallest absolute Gasteiger partial charge is 0.266 e. The van der Waals surface area contributed by atoms with Crippen molar-refractivity contribution in [1.82, 2.24) is 34.4 Å². The molecule has 1 fully saturated rings. The number of rotatable bonds is 8. The predicted octanol–water partition coefficient (Wildman–Crippen LogP) is 0.280. The Morgan fingerprint density at radius 2 is 2.03 bits per heavy atom. The van der Waals surface area contributed by atoms with Gasteiger partial charge in [0.25, 0.3) is 5.56 Å². The molecule has 32 heavy (non-hydrogen) atoms. The van der Waals surface area contributed by atoms with Crippen LogP contribution in [0.1, 0.15) is 0 Å². The number of aryl methyl sites for hydroxylation is 1. The fourth-order valence-corrected chi connectivity index (χ4v) is 3.38. The second kappa shape index (κ2) is 9.88. The monoisotopic (exact) mass is 440 g/mol. The van der Waals surface area contributed by atoms with Gasteiger partial charge in [0.15, 0.2) is 5.75 Å². The zero-order valence-corrected chi connectivity index (χ0v) is 18.6. The van der Waals surface area contributed by atoms with Gasteiger partial charge in [0, 0.05) is 44.5 Å². The van der Waals surface area contributed by atoms with E-state index in [1.54, 1.807) is 29.3 Å². The van der Waals surface area contributed by atoms with Crippen LogP contribution in [0.3, 0.4) is 0 Å². The van der Waals surface area contributed by atoms with Crippen molar-refractivity contribution in [2.45, 2.75) is 12.6 Å². The van der Waals surface area contributed by atoms with Crippen LogP contribution in [0.15, 0.2) is 41.7 Å². The van der Waals surface area contributed by atoms with Crippen molar-refractivity contribution in [3.63, 3.8) is 0 Å². The minimum absolute atomic E-state index is 0.172. The van der Waals surface area contributed by atoms with E-state index in [1.165, 1.54) is 10.7 Å². The molecule has 0 aromatic carbocycles. The highest BCUT2D eigenvalue weighted by Crippen LogP contribution is 2.17. The molecule has 11 heteroatoms. The van der Waals surface area contributed by atoms with Crippen molar-refractivity contribution in [3.05, 3.63) is 47.3 Å². The molecule has 11 nitrogen and oxygen atoms in total. The number of hydrogen-bond donors (Lipinski definition) is 0. The van der Waals surface area contributed by atoms with Crippen LogP contribution in [0, 0.1) is 0 Å². The third-order valence-electron chi connectivity index (χ3n) is 5.09. The maximum atomic E-state index is 12.4. The maximum absolute atomic E-state index is 12.4. The molecule has 0 N–H and O–H groups in total. The Morgan fingerprint density at radius 3 is 2.75 bits per heavy atom. The summed E-state index contributed by atoms with van der Waals surface area (Å²) in [5.41, 5.74) is 1.38. The number of nitrogens with zero attached hydrogens (tertiary/aromatic N) is 8. The second-order valence-electron chi connectivity index (χ2n) is 7.95. The van der Waals surface area contributed by atoms with Crippen LogP contribution >= 0.6 is 0 Å². The highest BCUT2D eigenvalue weighted by molar-refractivity contribution is 5.55. The van der Waals surface area contributed by atoms with Crippen LogP contribution in [-0.4, -0.2) is 87.5 Å². The minimum Gasteiger partial charge on any atom is -0.489 e. The van der Waals surface area contributed by atoms with Gasteiger partial charge in [0.05, 0.1) is 43.5 Å². The molecule has 0 spiro atoms. The Kier molecular flexibility index (Phi) is 6.76. The second-order valence-corrected chi connectivity index (χ2v) is 7.95. The van der Waals surface area contributed by atoms with Crippen LogP contribution < -0.4 is 15.2 Å². The first-order valence-corrected chi connectivity index (χ1v) is 10.5. The summed E-state index contributed by atoms with van der Waals surface area (Å²) in [5, 5.41) is 8.67. The molecule has 170 valence electrons. The van der Waals surface area contributed by atoms with Crippen molar-refractivity contribution in [2.24, 2.45) is 7.05 Å². The third-order valence-corrected chi connectivity index (χ3v) is 5.09. The lowest BCUT2D eigenvalue weighted by Gasteiger charge is -2.32. The molecule has 1 unspecified atom stereocenters. The third kappa shape index (κ3) is 5.48. The largest absolute Gasteiger partial charge is 0.489 e. The molecule has 0 amide bonds. The van der Waals surface area contributed by atoms with Gasteiger partial charge < -0.3 is 19.3 Å². The quantitative estimate of drug-likeness (QED) is 0.488. The molecular weight excluding hydrogens is 412 g/mol. The number of morpholine rings is 1. The van der Waals surface area contributed by atoms with Crippen LogP contribution in [0.25, 0.3) is 11.3 Å². The Labute approximate surface area is 186 Å². The van der Waals surface area contributed by atoms with E-state index in [9.17, 15) is 4.79 Å². The van der Waals surface area contributed by atoms with Crippen molar-refractivity contribution in [3.8, 4) is 17.0 Å². The molecule has 1 aliphatic rings. The molecule has 1 aliphatic heterocycles. The SMILES string of the molecule is CN(C)CCOc1cnc(N2CCOC(Cn3nc(-c4cnn(C)c4)ccc3=O)C2)nc1. The Balaban J connectivity index is 1.40. The average Bonchev–Trinajstić information content (AvgIpc) is 3.22. The summed E-state index contributed by atoms with van der Waals surface area (Å²) >= 11 is 0. The zero-order chi connectivity index (χ0) is 22.5. The highest BCUT2D eigenvalue weighted by Gasteiger charge is 2.23. The molecule has 4 heterocycles. The van der Waals surface area contributed by atoms with Crippen molar-refractivity contribution in [1.29, 1.82) is 0 Å². The standard InChI is InChI=1S/C21H28N8O3/c1-26(2)6-8-31-17-11-22-21(23-12-17)28-7-9-32-18(14-28)15-29-20(30)5-4-19(25-29)16-10-24-27(3)13-16/h4-5,10-13,18H,6-9,14-15H2,1-3H3. The van der Waals surface area contributed by atoms with Gasteiger partial charge in [-0.2, -0.15) is 10.2 Å². The summed E-state index contributed by atoms with van der Waals surface area (Å²) < 4.78 is 14.7. The van der Waals surface area contributed by atoms with E-state index in [1.807, 2.05) is 32.2 Å². The topological polar surface area (TPSA) is 103 Å². The van der Waals surface area contributed by atoms with E-state index in [-0.39, 0.29) is 11.7 Å². The van der Waals surface area contributed by atoms with Crippen LogP contribution in [0.5, 0.6) is 5.75 Å². The summed E-state index contributed by atoms with van der Waals surface area (Å²) in [4.78, 5) is 25.4. The van der Waals surface area contributed by atoms with E-state index in [0.29, 0.717) is 50.2 Å². The fraction of sp³-hybridized carbons (Fsp3) is 0.476. The van der Waals surface area contributed by atoms with Crippen molar-refractivity contribution < 1.29 is 9.47 Å². The van der Waals surface area contributed by atoms with E-state index in [2.05, 4.69) is 25.1 Å². The van der Waals surface area contributed by atoms with Crippen molar-refractivity contribution in [2.75, 3.05) is 51.8 Å². The molecule has 0 aliphatic carbocycles. The molecular formula is C21H28N8O3. The maximum Gasteiger partial charge on any atom is 0.266 e. The Morgan fingerprint density at radius 1 is 1.22 bits per heavy atom. The summed E-state index contributed by atoms with van der Waals surface area (Å²) in [5.74, 6) is 1.26. The number of aromatic nitrogens is 6. The summed E-state index contributed by atoms with van der Waals surface area (Å²) in [7, 11) is 5.83. The highest BCUT2D eigenvalue weighted by atomic mass is 16.5. The summed E-state index contributed by atoms with van der Waals surface area (Å²) in [6, 6.07) is 3.23. The molecule has 0 bridgehead atoms. The summed E-state index contributed by atoms with van der Waals surface area (Å²) in [6.07, 6.45) is 6.75. The van der Waals surface area contributed by atoms with Gasteiger partial charge in [0.1, 0.15) is 6.61 Å². The molecule has 3 aromatic heterocycles. The lowest BCUT2D eigenvalue weighted by Crippen LogP contribution is -2.46. The first-order chi connectivity index (χ1) is 15.5. The van der Waals surface area contributed by atoms with Gasteiger partial charge >= 0.3 is 0 Å². The fourth-order valence-electron chi connectivity index (χ4n) is 3.38. The number of ether oxygens (including phenoxy) is 2. The van der Waals surface area contributed by atoms with Crippen LogP contribution in [0.4, 0.5) is 5.95 Å². The zero-order valence-electron chi connectivity index (χ0n) is 18.6. The number of anilines is 1. The van der Waals surface area contributed by atoms with E-state index in [0.717, 1.165) is 12.1 Å². The average molecular weight is 441 g/mol. The Bertz CT molecular complexity index is 1080. The van der Waals surface area contributed by atoms with Gasteiger partial charge in [-0.25, -0.2) is 14.6 Å². The van der Waals surface area contributed by atoms with Gasteiger partial charge in [-0.15, -0.1) is 0 Å². The normalized spacial score (nSPS) is 16.5. The molecule has 1 saturated heterocycles. The van der Waals surface area contributed by atoms with Crippen LogP contribution in [0.2, 0.25) is 0 Å². The van der Waals surface area contributed by atoms with Crippen molar-refractivity contribution >= 4 is 5.95 Å². The minimum atomic E-state index is -0.210. The first-order valence-electron chi connectivity index (χ1n) is 10.5. The van der Waals surface area contributed by atoms with Gasteiger partial charge in [-0.05, 0) is 20.2 Å². The molecule has 1 atom stereocenters. The van der Waals surface area contributed by atoms with Crippen LogP contribution in [-0.2, 0) is 18.3 Å². The number of likely N-dealkylation sites (N-methyl/N-ethyl adjacent to an activating group) is 1. The number of hydrogen-bond acceptors (Lipinski definition) is 9. The molecule has 4 rings (SSSR count). The lowest BCUT2D eigenvalue weighted by molar-refractivity contribution is 0.0260. The van der Waals surface area contributed by atoms with Gasteiger partial charge in [-0.1, -0.05) is 0 Å². The van der Waals surface area contributed by atoms with E-state index in [4.69, 9.17) is 9.47 Å². The molecule has 3 aromatic rings. The van der Waals surface area contributed by atoms with E-state index < -0.39 is 0 Å². The van der Waals surface area contributed by atoms with Gasteiger partial charge in [0.2, 0.25) is 5.95 Å².